The van der Waals surface area contributed by atoms with Crippen molar-refractivity contribution < 1.29 is 14.2 Å². The zero-order valence-corrected chi connectivity index (χ0v) is 14.7. The van der Waals surface area contributed by atoms with Crippen molar-refractivity contribution in [3.8, 4) is 11.5 Å². The maximum absolute atomic E-state index is 5.92. The molecule has 3 heteroatoms. The van der Waals surface area contributed by atoms with E-state index in [1.807, 2.05) is 24.3 Å². The van der Waals surface area contributed by atoms with E-state index in [-0.39, 0.29) is 11.7 Å². The number of hydrogen-bond acceptors (Lipinski definition) is 3. The Hall–Kier alpha value is -2.00. The molecule has 2 aromatic carbocycles. The lowest BCUT2D eigenvalue weighted by atomic mass is 9.78. The van der Waals surface area contributed by atoms with Crippen molar-refractivity contribution in [1.82, 2.24) is 0 Å². The van der Waals surface area contributed by atoms with Crippen LogP contribution in [0.15, 0.2) is 48.5 Å². The first-order valence-electron chi connectivity index (χ1n) is 8.63. The average molecular weight is 326 g/mol. The second kappa shape index (κ2) is 7.27. The monoisotopic (exact) mass is 326 g/mol. The van der Waals surface area contributed by atoms with Crippen LogP contribution < -0.4 is 9.47 Å². The van der Waals surface area contributed by atoms with Crippen molar-refractivity contribution in [1.29, 1.82) is 0 Å². The van der Waals surface area contributed by atoms with Gasteiger partial charge in [-0.15, -0.1) is 0 Å². The summed E-state index contributed by atoms with van der Waals surface area (Å²) in [5, 5.41) is 0. The van der Waals surface area contributed by atoms with Gasteiger partial charge in [0.1, 0.15) is 11.5 Å². The SMILES string of the molecule is COc1ccc(C(C)(C)c2ccc(OC3CCCCO3)cc2)cc1. The van der Waals surface area contributed by atoms with Crippen LogP contribution in [-0.2, 0) is 10.2 Å². The van der Waals surface area contributed by atoms with Crippen molar-refractivity contribution in [2.75, 3.05) is 13.7 Å². The Bertz CT molecular complexity index is 638. The molecule has 1 fully saturated rings. The molecule has 0 bridgehead atoms. The number of benzene rings is 2. The van der Waals surface area contributed by atoms with Crippen LogP contribution in [-0.4, -0.2) is 20.0 Å². The highest BCUT2D eigenvalue weighted by molar-refractivity contribution is 5.41. The summed E-state index contributed by atoms with van der Waals surface area (Å²) in [6, 6.07) is 16.6. The van der Waals surface area contributed by atoms with E-state index in [1.165, 1.54) is 17.5 Å². The van der Waals surface area contributed by atoms with Gasteiger partial charge in [0.25, 0.3) is 0 Å². The molecule has 1 aliphatic heterocycles. The highest BCUT2D eigenvalue weighted by Crippen LogP contribution is 2.33. The Balaban J connectivity index is 1.73. The summed E-state index contributed by atoms with van der Waals surface area (Å²) in [6.45, 7) is 5.26. The van der Waals surface area contributed by atoms with E-state index in [2.05, 4.69) is 38.1 Å². The molecule has 0 amide bonds. The zero-order chi connectivity index (χ0) is 17.0. The quantitative estimate of drug-likeness (QED) is 0.780. The molecule has 0 aliphatic carbocycles. The highest BCUT2D eigenvalue weighted by atomic mass is 16.7. The predicted octanol–water partition coefficient (Wildman–Crippen LogP) is 4.93. The van der Waals surface area contributed by atoms with Crippen LogP contribution in [0, 0.1) is 0 Å². The number of rotatable bonds is 5. The third-order valence-electron chi connectivity index (χ3n) is 4.79. The summed E-state index contributed by atoms with van der Waals surface area (Å²) < 4.78 is 16.8. The molecule has 3 rings (SSSR count). The Morgan fingerprint density at radius 2 is 1.46 bits per heavy atom. The van der Waals surface area contributed by atoms with Crippen molar-refractivity contribution in [3.63, 3.8) is 0 Å². The van der Waals surface area contributed by atoms with Crippen LogP contribution in [0.2, 0.25) is 0 Å². The minimum absolute atomic E-state index is 0.0772. The van der Waals surface area contributed by atoms with E-state index in [9.17, 15) is 0 Å². The van der Waals surface area contributed by atoms with Crippen molar-refractivity contribution >= 4 is 0 Å². The third kappa shape index (κ3) is 3.73. The Morgan fingerprint density at radius 3 is 1.96 bits per heavy atom. The van der Waals surface area contributed by atoms with Gasteiger partial charge in [-0.2, -0.15) is 0 Å². The van der Waals surface area contributed by atoms with E-state index in [4.69, 9.17) is 14.2 Å². The van der Waals surface area contributed by atoms with E-state index in [0.29, 0.717) is 0 Å². The molecule has 2 aromatic rings. The molecular weight excluding hydrogens is 300 g/mol. The Morgan fingerprint density at radius 1 is 0.875 bits per heavy atom. The number of hydrogen-bond donors (Lipinski definition) is 0. The lowest BCUT2D eigenvalue weighted by Crippen LogP contribution is -2.25. The second-order valence-electron chi connectivity index (χ2n) is 6.79. The van der Waals surface area contributed by atoms with Gasteiger partial charge in [0.2, 0.25) is 0 Å². The number of methoxy groups -OCH3 is 1. The van der Waals surface area contributed by atoms with Crippen molar-refractivity contribution in [2.24, 2.45) is 0 Å². The normalized spacial score (nSPS) is 18.2. The molecule has 1 unspecified atom stereocenters. The molecule has 128 valence electrons. The van der Waals surface area contributed by atoms with Gasteiger partial charge < -0.3 is 14.2 Å². The maximum atomic E-state index is 5.92. The van der Waals surface area contributed by atoms with Gasteiger partial charge in [0.05, 0.1) is 13.7 Å². The van der Waals surface area contributed by atoms with Gasteiger partial charge in [0.15, 0.2) is 6.29 Å². The van der Waals surface area contributed by atoms with E-state index in [1.54, 1.807) is 7.11 Å². The smallest absolute Gasteiger partial charge is 0.199 e. The molecule has 0 aromatic heterocycles. The molecule has 1 aliphatic rings. The fourth-order valence-electron chi connectivity index (χ4n) is 3.08. The van der Waals surface area contributed by atoms with Crippen LogP contribution >= 0.6 is 0 Å². The zero-order valence-electron chi connectivity index (χ0n) is 14.7. The summed E-state index contributed by atoms with van der Waals surface area (Å²) in [5.41, 5.74) is 2.43. The molecule has 1 heterocycles. The first-order chi connectivity index (χ1) is 11.6. The van der Waals surface area contributed by atoms with Gasteiger partial charge in [-0.3, -0.25) is 0 Å². The third-order valence-corrected chi connectivity index (χ3v) is 4.79. The van der Waals surface area contributed by atoms with Crippen LogP contribution in [0.3, 0.4) is 0 Å². The average Bonchev–Trinajstić information content (AvgIpc) is 2.63. The second-order valence-corrected chi connectivity index (χ2v) is 6.79. The van der Waals surface area contributed by atoms with Crippen LogP contribution in [0.4, 0.5) is 0 Å². The summed E-state index contributed by atoms with van der Waals surface area (Å²) in [6.07, 6.45) is 3.18. The summed E-state index contributed by atoms with van der Waals surface area (Å²) in [7, 11) is 1.69. The lowest BCUT2D eigenvalue weighted by Gasteiger charge is -2.27. The Labute approximate surface area is 144 Å². The van der Waals surface area contributed by atoms with E-state index < -0.39 is 0 Å². The molecule has 0 spiro atoms. The van der Waals surface area contributed by atoms with Gasteiger partial charge in [-0.1, -0.05) is 38.1 Å². The summed E-state index contributed by atoms with van der Waals surface area (Å²) in [4.78, 5) is 0. The predicted molar refractivity (Wildman–Crippen MR) is 95.8 cm³/mol. The summed E-state index contributed by atoms with van der Waals surface area (Å²) >= 11 is 0. The lowest BCUT2D eigenvalue weighted by molar-refractivity contribution is -0.105. The van der Waals surface area contributed by atoms with Gasteiger partial charge in [0, 0.05) is 11.8 Å². The molecule has 24 heavy (non-hydrogen) atoms. The summed E-state index contributed by atoms with van der Waals surface area (Å²) in [5.74, 6) is 1.75. The van der Waals surface area contributed by atoms with E-state index >= 15 is 0 Å². The molecule has 1 atom stereocenters. The van der Waals surface area contributed by atoms with Crippen molar-refractivity contribution in [3.05, 3.63) is 59.7 Å². The fourth-order valence-corrected chi connectivity index (χ4v) is 3.08. The molecule has 0 N–H and O–H groups in total. The Kier molecular flexibility index (Phi) is 5.10. The van der Waals surface area contributed by atoms with Crippen LogP contribution in [0.25, 0.3) is 0 Å². The molecule has 3 nitrogen and oxygen atoms in total. The standard InChI is InChI=1S/C21H26O3/c1-21(2,16-7-11-18(22-3)12-8-16)17-9-13-19(14-10-17)24-20-6-4-5-15-23-20/h7-14,20H,4-6,15H2,1-3H3. The molecule has 0 saturated carbocycles. The first kappa shape index (κ1) is 16.8. The fraction of sp³-hybridized carbons (Fsp3) is 0.429. The minimum atomic E-state index is -0.0980. The first-order valence-corrected chi connectivity index (χ1v) is 8.63. The highest BCUT2D eigenvalue weighted by Gasteiger charge is 2.23. The molecular formula is C21H26O3. The topological polar surface area (TPSA) is 27.7 Å². The largest absolute Gasteiger partial charge is 0.497 e. The van der Waals surface area contributed by atoms with Crippen LogP contribution in [0.5, 0.6) is 11.5 Å². The minimum Gasteiger partial charge on any atom is -0.497 e. The van der Waals surface area contributed by atoms with Crippen LogP contribution in [0.1, 0.15) is 44.2 Å². The van der Waals surface area contributed by atoms with Gasteiger partial charge in [-0.25, -0.2) is 0 Å². The van der Waals surface area contributed by atoms with Crippen molar-refractivity contribution in [2.45, 2.75) is 44.8 Å². The van der Waals surface area contributed by atoms with Gasteiger partial charge >= 0.3 is 0 Å². The molecule has 1 saturated heterocycles. The molecule has 0 radical (unpaired) electrons. The van der Waals surface area contributed by atoms with E-state index in [0.717, 1.165) is 30.9 Å². The maximum Gasteiger partial charge on any atom is 0.199 e. The van der Waals surface area contributed by atoms with Gasteiger partial charge in [-0.05, 0) is 48.2 Å². The number of ether oxygens (including phenoxy) is 3.